The largest absolute Gasteiger partial charge is 0.351 e. The molecule has 1 saturated heterocycles. The molecule has 1 fully saturated rings. The number of amides is 2. The van der Waals surface area contributed by atoms with E-state index in [0.29, 0.717) is 18.1 Å². The van der Waals surface area contributed by atoms with Crippen molar-refractivity contribution in [3.05, 3.63) is 70.2 Å². The van der Waals surface area contributed by atoms with Crippen molar-refractivity contribution < 1.29 is 9.59 Å². The number of hydrogen-bond donors (Lipinski definition) is 1. The minimum Gasteiger partial charge on any atom is -0.351 e. The molecule has 30 heavy (non-hydrogen) atoms. The predicted octanol–water partition coefficient (Wildman–Crippen LogP) is 3.57. The lowest BCUT2D eigenvalue weighted by Gasteiger charge is -2.39. The van der Waals surface area contributed by atoms with Crippen LogP contribution in [0.4, 0.5) is 0 Å². The lowest BCUT2D eigenvalue weighted by molar-refractivity contribution is -0.139. The van der Waals surface area contributed by atoms with Crippen LogP contribution in [0, 0.1) is 0 Å². The summed E-state index contributed by atoms with van der Waals surface area (Å²) in [4.78, 5) is 30.2. The first-order valence-corrected chi connectivity index (χ1v) is 11.1. The van der Waals surface area contributed by atoms with Crippen molar-refractivity contribution >= 4 is 23.4 Å². The summed E-state index contributed by atoms with van der Waals surface area (Å²) >= 11 is 6.19. The standard InChI is InChI=1S/C24H28ClN3O2/c25-21-11-5-3-9-19(21)16-26-22(29)17-28-15-12-18-8-2-4-10-20(18)23(28)24(30)27-13-6-1-7-14-27/h2-5,8-11,23H,1,6-7,12-17H2,(H,26,29)/t23-/m0/s1. The molecule has 6 heteroatoms. The van der Waals surface area contributed by atoms with E-state index in [9.17, 15) is 9.59 Å². The van der Waals surface area contributed by atoms with Gasteiger partial charge in [-0.3, -0.25) is 14.5 Å². The van der Waals surface area contributed by atoms with E-state index < -0.39 is 0 Å². The van der Waals surface area contributed by atoms with Crippen LogP contribution in [0.5, 0.6) is 0 Å². The number of carbonyl (C=O) groups excluding carboxylic acids is 2. The monoisotopic (exact) mass is 425 g/mol. The van der Waals surface area contributed by atoms with E-state index in [-0.39, 0.29) is 24.4 Å². The van der Waals surface area contributed by atoms with E-state index in [1.165, 1.54) is 12.0 Å². The topological polar surface area (TPSA) is 52.7 Å². The quantitative estimate of drug-likeness (QED) is 0.796. The summed E-state index contributed by atoms with van der Waals surface area (Å²) in [6.45, 7) is 2.89. The van der Waals surface area contributed by atoms with Crippen molar-refractivity contribution in [2.45, 2.75) is 38.3 Å². The second kappa shape index (κ2) is 9.63. The van der Waals surface area contributed by atoms with Crippen LogP contribution in [-0.2, 0) is 22.6 Å². The van der Waals surface area contributed by atoms with Crippen LogP contribution < -0.4 is 5.32 Å². The molecule has 0 unspecified atom stereocenters. The second-order valence-corrected chi connectivity index (χ2v) is 8.48. The molecule has 0 bridgehead atoms. The number of halogens is 1. The number of piperidine rings is 1. The maximum absolute atomic E-state index is 13.5. The Labute approximate surface area is 183 Å². The van der Waals surface area contributed by atoms with Crippen LogP contribution >= 0.6 is 11.6 Å². The Balaban J connectivity index is 1.48. The Morgan fingerprint density at radius 1 is 0.967 bits per heavy atom. The van der Waals surface area contributed by atoms with Crippen LogP contribution in [0.2, 0.25) is 5.02 Å². The Hall–Kier alpha value is -2.37. The molecule has 2 amide bonds. The third-order valence-electron chi connectivity index (χ3n) is 6.07. The number of rotatable bonds is 5. The fraction of sp³-hybridized carbons (Fsp3) is 0.417. The maximum Gasteiger partial charge on any atom is 0.244 e. The van der Waals surface area contributed by atoms with Crippen LogP contribution in [-0.4, -0.2) is 47.8 Å². The number of benzene rings is 2. The molecule has 0 radical (unpaired) electrons. The first kappa shape index (κ1) is 20.9. The molecule has 5 nitrogen and oxygen atoms in total. The summed E-state index contributed by atoms with van der Waals surface area (Å²) in [5.41, 5.74) is 3.14. The number of carbonyl (C=O) groups is 2. The normalized spacial score (nSPS) is 19.2. The van der Waals surface area contributed by atoms with E-state index in [4.69, 9.17) is 11.6 Å². The molecule has 2 aromatic rings. The van der Waals surface area contributed by atoms with Gasteiger partial charge < -0.3 is 10.2 Å². The minimum absolute atomic E-state index is 0.0919. The summed E-state index contributed by atoms with van der Waals surface area (Å²) in [6, 6.07) is 15.2. The molecular formula is C24H28ClN3O2. The first-order chi connectivity index (χ1) is 14.6. The molecule has 2 heterocycles. The highest BCUT2D eigenvalue weighted by molar-refractivity contribution is 6.31. The van der Waals surface area contributed by atoms with Crippen LogP contribution in [0.3, 0.4) is 0 Å². The van der Waals surface area contributed by atoms with Gasteiger partial charge in [-0.25, -0.2) is 0 Å². The highest BCUT2D eigenvalue weighted by Crippen LogP contribution is 2.32. The van der Waals surface area contributed by atoms with E-state index >= 15 is 0 Å². The predicted molar refractivity (Wildman–Crippen MR) is 118 cm³/mol. The van der Waals surface area contributed by atoms with Gasteiger partial charge in [0.15, 0.2) is 0 Å². The summed E-state index contributed by atoms with van der Waals surface area (Å²) in [7, 11) is 0. The maximum atomic E-state index is 13.5. The molecule has 1 atom stereocenters. The zero-order valence-electron chi connectivity index (χ0n) is 17.1. The number of hydrogen-bond acceptors (Lipinski definition) is 3. The lowest BCUT2D eigenvalue weighted by Crippen LogP contribution is -2.50. The Morgan fingerprint density at radius 2 is 1.70 bits per heavy atom. The summed E-state index contributed by atoms with van der Waals surface area (Å²) in [5.74, 6) is 0.0338. The number of likely N-dealkylation sites (tertiary alicyclic amines) is 1. The van der Waals surface area contributed by atoms with E-state index in [0.717, 1.165) is 43.5 Å². The third kappa shape index (κ3) is 4.68. The molecule has 2 aliphatic rings. The fourth-order valence-corrected chi connectivity index (χ4v) is 4.64. The highest BCUT2D eigenvalue weighted by atomic mass is 35.5. The number of nitrogens with one attached hydrogen (secondary N) is 1. The van der Waals surface area contributed by atoms with Crippen LogP contribution in [0.15, 0.2) is 48.5 Å². The summed E-state index contributed by atoms with van der Waals surface area (Å²) in [5, 5.41) is 3.60. The van der Waals surface area contributed by atoms with Gasteiger partial charge in [0.2, 0.25) is 11.8 Å². The van der Waals surface area contributed by atoms with Gasteiger partial charge in [0.1, 0.15) is 6.04 Å². The zero-order valence-corrected chi connectivity index (χ0v) is 17.9. The van der Waals surface area contributed by atoms with Gasteiger partial charge in [-0.05, 0) is 48.4 Å². The summed E-state index contributed by atoms with van der Waals surface area (Å²) < 4.78 is 0. The molecule has 0 aromatic heterocycles. The SMILES string of the molecule is O=C(CN1CCc2ccccc2[C@H]1C(=O)N1CCCCC1)NCc1ccccc1Cl. The molecule has 158 valence electrons. The summed E-state index contributed by atoms with van der Waals surface area (Å²) in [6.07, 6.45) is 4.13. The van der Waals surface area contributed by atoms with Crippen LogP contribution in [0.1, 0.15) is 42.0 Å². The zero-order chi connectivity index (χ0) is 20.9. The van der Waals surface area contributed by atoms with Crippen molar-refractivity contribution in [1.29, 1.82) is 0 Å². The Morgan fingerprint density at radius 3 is 2.50 bits per heavy atom. The average Bonchev–Trinajstić information content (AvgIpc) is 2.78. The second-order valence-electron chi connectivity index (χ2n) is 8.08. The van der Waals surface area contributed by atoms with Crippen molar-refractivity contribution in [2.75, 3.05) is 26.2 Å². The van der Waals surface area contributed by atoms with Gasteiger partial charge in [0, 0.05) is 31.2 Å². The highest BCUT2D eigenvalue weighted by Gasteiger charge is 2.36. The van der Waals surface area contributed by atoms with Crippen molar-refractivity contribution in [3.63, 3.8) is 0 Å². The smallest absolute Gasteiger partial charge is 0.244 e. The molecule has 2 aromatic carbocycles. The molecule has 4 rings (SSSR count). The number of fused-ring (bicyclic) bond motifs is 1. The minimum atomic E-state index is -0.390. The van der Waals surface area contributed by atoms with Crippen molar-refractivity contribution in [3.8, 4) is 0 Å². The third-order valence-corrected chi connectivity index (χ3v) is 6.43. The van der Waals surface area contributed by atoms with Gasteiger partial charge in [-0.1, -0.05) is 54.1 Å². The average molecular weight is 426 g/mol. The van der Waals surface area contributed by atoms with E-state index in [1.807, 2.05) is 52.3 Å². The van der Waals surface area contributed by atoms with Crippen molar-refractivity contribution in [1.82, 2.24) is 15.1 Å². The van der Waals surface area contributed by atoms with E-state index in [1.54, 1.807) is 0 Å². The fourth-order valence-electron chi connectivity index (χ4n) is 4.44. The molecular weight excluding hydrogens is 398 g/mol. The van der Waals surface area contributed by atoms with Crippen LogP contribution in [0.25, 0.3) is 0 Å². The lowest BCUT2D eigenvalue weighted by atomic mass is 9.91. The van der Waals surface area contributed by atoms with Gasteiger partial charge >= 0.3 is 0 Å². The molecule has 0 saturated carbocycles. The van der Waals surface area contributed by atoms with Gasteiger partial charge in [-0.2, -0.15) is 0 Å². The molecule has 0 aliphatic carbocycles. The Bertz CT molecular complexity index is 911. The number of nitrogens with zero attached hydrogens (tertiary/aromatic N) is 2. The Kier molecular flexibility index (Phi) is 6.70. The molecule has 2 aliphatic heterocycles. The van der Waals surface area contributed by atoms with E-state index in [2.05, 4.69) is 11.4 Å². The van der Waals surface area contributed by atoms with Gasteiger partial charge in [0.05, 0.1) is 6.54 Å². The first-order valence-electron chi connectivity index (χ1n) is 10.7. The van der Waals surface area contributed by atoms with Gasteiger partial charge in [-0.15, -0.1) is 0 Å². The molecule has 0 spiro atoms. The van der Waals surface area contributed by atoms with Gasteiger partial charge in [0.25, 0.3) is 0 Å². The molecule has 1 N–H and O–H groups in total. The van der Waals surface area contributed by atoms with Crippen molar-refractivity contribution in [2.24, 2.45) is 0 Å².